The lowest BCUT2D eigenvalue weighted by Gasteiger charge is -2.30. The molecule has 0 aliphatic carbocycles. The molecule has 0 fully saturated rings. The molecule has 1 aromatic heterocycles. The van der Waals surface area contributed by atoms with E-state index in [0.29, 0.717) is 6.04 Å². The van der Waals surface area contributed by atoms with E-state index in [9.17, 15) is 0 Å². The predicted octanol–water partition coefficient (Wildman–Crippen LogP) is 5.96. The fourth-order valence-electron chi connectivity index (χ4n) is 2.65. The van der Waals surface area contributed by atoms with Gasteiger partial charge in [-0.15, -0.1) is 11.3 Å². The average molecular weight is 311 g/mol. The lowest BCUT2D eigenvalue weighted by molar-refractivity contribution is 0.270. The summed E-state index contributed by atoms with van der Waals surface area (Å²) in [5.41, 5.74) is 0.220. The van der Waals surface area contributed by atoms with Crippen LogP contribution in [-0.4, -0.2) is 11.5 Å². The van der Waals surface area contributed by atoms with Crippen LogP contribution >= 0.6 is 11.3 Å². The summed E-state index contributed by atoms with van der Waals surface area (Å²) < 4.78 is 0. The van der Waals surface area contributed by atoms with Crippen LogP contribution in [0.4, 0.5) is 0 Å². The van der Waals surface area contributed by atoms with E-state index in [0.717, 1.165) is 6.54 Å². The number of rotatable bonds is 11. The van der Waals surface area contributed by atoms with Crippen molar-refractivity contribution in [3.63, 3.8) is 0 Å². The Morgan fingerprint density at radius 2 is 1.67 bits per heavy atom. The van der Waals surface area contributed by atoms with Crippen molar-refractivity contribution < 1.29 is 0 Å². The van der Waals surface area contributed by atoms with Gasteiger partial charge in [-0.3, -0.25) is 0 Å². The maximum absolute atomic E-state index is 4.50. The molecule has 122 valence electrons. The van der Waals surface area contributed by atoms with Crippen molar-refractivity contribution in [3.05, 3.63) is 16.6 Å². The fraction of sp³-hybridized carbons (Fsp3) is 0.833. The summed E-state index contributed by atoms with van der Waals surface area (Å²) in [6.45, 7) is 10.3. The molecule has 0 aliphatic rings. The van der Waals surface area contributed by atoms with E-state index in [1.807, 2.05) is 6.20 Å². The van der Waals surface area contributed by atoms with Crippen molar-refractivity contribution in [1.82, 2.24) is 10.3 Å². The highest BCUT2D eigenvalue weighted by Gasteiger charge is 2.27. The van der Waals surface area contributed by atoms with Gasteiger partial charge in [0.1, 0.15) is 5.01 Å². The van der Waals surface area contributed by atoms with Crippen LogP contribution < -0.4 is 5.32 Å². The molecule has 1 heterocycles. The maximum Gasteiger partial charge on any atom is 0.110 e. The van der Waals surface area contributed by atoms with Gasteiger partial charge in [0.25, 0.3) is 0 Å². The molecule has 1 rings (SSSR count). The van der Waals surface area contributed by atoms with Crippen molar-refractivity contribution in [3.8, 4) is 0 Å². The van der Waals surface area contributed by atoms with E-state index in [2.05, 4.69) is 43.4 Å². The second-order valence-corrected chi connectivity index (χ2v) is 8.02. The number of unbranched alkanes of at least 4 members (excludes halogenated alkanes) is 7. The number of nitrogens with one attached hydrogen (secondary N) is 1. The van der Waals surface area contributed by atoms with E-state index >= 15 is 0 Å². The van der Waals surface area contributed by atoms with E-state index in [4.69, 9.17) is 0 Å². The summed E-state index contributed by atoms with van der Waals surface area (Å²) in [4.78, 5) is 4.50. The zero-order chi connectivity index (χ0) is 15.6. The second-order valence-electron chi connectivity index (χ2n) is 7.10. The molecule has 0 saturated heterocycles. The molecule has 1 aromatic rings. The molecule has 0 spiro atoms. The summed E-state index contributed by atoms with van der Waals surface area (Å²) in [5.74, 6) is 0. The molecule has 0 bridgehead atoms. The molecule has 1 N–H and O–H groups in total. The van der Waals surface area contributed by atoms with Crippen molar-refractivity contribution in [2.24, 2.45) is 5.41 Å². The molecule has 1 atom stereocenters. The highest BCUT2D eigenvalue weighted by Crippen LogP contribution is 2.33. The van der Waals surface area contributed by atoms with Crippen LogP contribution in [0.3, 0.4) is 0 Å². The highest BCUT2D eigenvalue weighted by molar-refractivity contribution is 7.09. The first kappa shape index (κ1) is 18.6. The largest absolute Gasteiger partial charge is 0.308 e. The van der Waals surface area contributed by atoms with Gasteiger partial charge >= 0.3 is 0 Å². The Balaban J connectivity index is 2.15. The Morgan fingerprint density at radius 1 is 1.05 bits per heavy atom. The van der Waals surface area contributed by atoms with E-state index in [1.165, 1.54) is 56.4 Å². The third-order valence-electron chi connectivity index (χ3n) is 3.94. The molecule has 21 heavy (non-hydrogen) atoms. The standard InChI is InChI=1S/C18H34N2S/c1-5-6-7-8-9-10-11-12-13-19-16(18(2,3)4)17-20-14-15-21-17/h14-16,19H,5-13H2,1-4H3. The van der Waals surface area contributed by atoms with Crippen molar-refractivity contribution in [1.29, 1.82) is 0 Å². The quantitative estimate of drug-likeness (QED) is 0.510. The van der Waals surface area contributed by atoms with Crippen molar-refractivity contribution >= 4 is 11.3 Å². The summed E-state index contributed by atoms with van der Waals surface area (Å²) >= 11 is 1.76. The predicted molar refractivity (Wildman–Crippen MR) is 94.9 cm³/mol. The Morgan fingerprint density at radius 3 is 2.19 bits per heavy atom. The fourth-order valence-corrected chi connectivity index (χ4v) is 3.60. The minimum absolute atomic E-state index is 0.220. The summed E-state index contributed by atoms with van der Waals surface area (Å²) in [5, 5.41) is 7.02. The summed E-state index contributed by atoms with van der Waals surface area (Å²) in [7, 11) is 0. The number of hydrogen-bond donors (Lipinski definition) is 1. The van der Waals surface area contributed by atoms with Gasteiger partial charge in [-0.1, -0.05) is 72.6 Å². The van der Waals surface area contributed by atoms with Gasteiger partial charge in [0.2, 0.25) is 0 Å². The maximum atomic E-state index is 4.50. The first-order chi connectivity index (χ1) is 10.1. The average Bonchev–Trinajstić information content (AvgIpc) is 2.93. The van der Waals surface area contributed by atoms with Gasteiger partial charge in [-0.2, -0.15) is 0 Å². The van der Waals surface area contributed by atoms with Crippen molar-refractivity contribution in [2.75, 3.05) is 6.54 Å². The number of hydrogen-bond acceptors (Lipinski definition) is 3. The number of aromatic nitrogens is 1. The van der Waals surface area contributed by atoms with Gasteiger partial charge in [0, 0.05) is 11.6 Å². The van der Waals surface area contributed by atoms with Gasteiger partial charge < -0.3 is 5.32 Å². The van der Waals surface area contributed by atoms with Gasteiger partial charge in [0.15, 0.2) is 0 Å². The van der Waals surface area contributed by atoms with Crippen LogP contribution in [0, 0.1) is 5.41 Å². The third kappa shape index (κ3) is 7.96. The Kier molecular flexibility index (Phi) is 9.18. The molecule has 0 amide bonds. The topological polar surface area (TPSA) is 24.9 Å². The summed E-state index contributed by atoms with van der Waals surface area (Å²) in [6.07, 6.45) is 12.9. The van der Waals surface area contributed by atoms with E-state index in [-0.39, 0.29) is 5.41 Å². The van der Waals surface area contributed by atoms with Crippen LogP contribution in [0.1, 0.15) is 90.1 Å². The normalized spacial score (nSPS) is 13.5. The Labute approximate surface area is 135 Å². The molecule has 0 aromatic carbocycles. The Hall–Kier alpha value is -0.410. The zero-order valence-electron chi connectivity index (χ0n) is 14.5. The molecule has 0 saturated carbocycles. The SMILES string of the molecule is CCCCCCCCCCNC(c1nccs1)C(C)(C)C. The van der Waals surface area contributed by atoms with E-state index < -0.39 is 0 Å². The minimum Gasteiger partial charge on any atom is -0.308 e. The smallest absolute Gasteiger partial charge is 0.110 e. The Bertz CT molecular complexity index is 341. The minimum atomic E-state index is 0.220. The van der Waals surface area contributed by atoms with Crippen LogP contribution in [0.25, 0.3) is 0 Å². The molecule has 0 radical (unpaired) electrons. The first-order valence-electron chi connectivity index (χ1n) is 8.68. The molecule has 2 nitrogen and oxygen atoms in total. The lowest BCUT2D eigenvalue weighted by atomic mass is 9.87. The highest BCUT2D eigenvalue weighted by atomic mass is 32.1. The van der Waals surface area contributed by atoms with Crippen LogP contribution in [-0.2, 0) is 0 Å². The van der Waals surface area contributed by atoms with Gasteiger partial charge in [-0.05, 0) is 18.4 Å². The second kappa shape index (κ2) is 10.3. The molecular formula is C18H34N2S. The van der Waals surface area contributed by atoms with Crippen molar-refractivity contribution in [2.45, 2.75) is 85.1 Å². The third-order valence-corrected chi connectivity index (χ3v) is 4.78. The molecular weight excluding hydrogens is 276 g/mol. The molecule has 3 heteroatoms. The molecule has 0 aliphatic heterocycles. The first-order valence-corrected chi connectivity index (χ1v) is 9.56. The van der Waals surface area contributed by atoms with Gasteiger partial charge in [0.05, 0.1) is 6.04 Å². The van der Waals surface area contributed by atoms with E-state index in [1.54, 1.807) is 11.3 Å². The van der Waals surface area contributed by atoms with Crippen LogP contribution in [0.5, 0.6) is 0 Å². The lowest BCUT2D eigenvalue weighted by Crippen LogP contribution is -2.32. The number of nitrogens with zero attached hydrogens (tertiary/aromatic N) is 1. The van der Waals surface area contributed by atoms with Crippen LogP contribution in [0.2, 0.25) is 0 Å². The number of thiazole rings is 1. The van der Waals surface area contributed by atoms with Crippen LogP contribution in [0.15, 0.2) is 11.6 Å². The van der Waals surface area contributed by atoms with Gasteiger partial charge in [-0.25, -0.2) is 4.98 Å². The summed E-state index contributed by atoms with van der Waals surface area (Å²) in [6, 6.07) is 0.377. The zero-order valence-corrected chi connectivity index (χ0v) is 15.3. The molecule has 1 unspecified atom stereocenters. The monoisotopic (exact) mass is 310 g/mol.